The van der Waals surface area contributed by atoms with E-state index < -0.39 is 10.0 Å². The molecule has 3 aromatic carbocycles. The lowest BCUT2D eigenvalue weighted by Gasteiger charge is -2.22. The topological polar surface area (TPSA) is 83.0 Å². The van der Waals surface area contributed by atoms with Gasteiger partial charge in [0.2, 0.25) is 0 Å². The zero-order chi connectivity index (χ0) is 26.7. The van der Waals surface area contributed by atoms with Gasteiger partial charge in [-0.05, 0) is 69.0 Å². The number of hydrogen-bond acceptors (Lipinski definition) is 7. The largest absolute Gasteiger partial charge is 0.494 e. The Bertz CT molecular complexity index is 1500. The number of nitrogens with zero attached hydrogens (tertiary/aromatic N) is 4. The predicted octanol–water partition coefficient (Wildman–Crippen LogP) is 4.65. The molecule has 8 nitrogen and oxygen atoms in total. The Kier molecular flexibility index (Phi) is 7.82. The Balaban J connectivity index is 1.67. The molecule has 0 radical (unpaired) electrons. The highest BCUT2D eigenvalue weighted by Gasteiger charge is 2.25. The van der Waals surface area contributed by atoms with E-state index in [9.17, 15) is 13.2 Å². The number of thiazole rings is 1. The molecule has 0 aliphatic rings. The molecule has 1 heterocycles. The number of likely N-dealkylation sites (N-methyl/N-ethyl adjacent to an activating group) is 1. The van der Waals surface area contributed by atoms with Crippen LogP contribution >= 0.6 is 11.3 Å². The molecule has 0 bridgehead atoms. The van der Waals surface area contributed by atoms with Crippen LogP contribution in [0, 0.1) is 6.92 Å². The molecule has 1 aromatic heterocycles. The molecule has 37 heavy (non-hydrogen) atoms. The number of anilines is 2. The molecule has 194 valence electrons. The quantitative estimate of drug-likeness (QED) is 0.309. The van der Waals surface area contributed by atoms with Crippen molar-refractivity contribution in [3.8, 4) is 5.75 Å². The minimum atomic E-state index is -3.78. The van der Waals surface area contributed by atoms with Gasteiger partial charge < -0.3 is 9.64 Å². The molecule has 4 rings (SSSR count). The Labute approximate surface area is 221 Å². The van der Waals surface area contributed by atoms with E-state index in [2.05, 4.69) is 0 Å². The van der Waals surface area contributed by atoms with Gasteiger partial charge >= 0.3 is 0 Å². The van der Waals surface area contributed by atoms with Crippen LogP contribution in [0.5, 0.6) is 5.75 Å². The number of amides is 1. The first-order valence-corrected chi connectivity index (χ1v) is 13.9. The molecule has 4 aromatic rings. The number of carbonyl (C=O) groups is 1. The maximum Gasteiger partial charge on any atom is 0.264 e. The van der Waals surface area contributed by atoms with Crippen molar-refractivity contribution in [2.24, 2.45) is 0 Å². The minimum absolute atomic E-state index is 0.107. The first-order chi connectivity index (χ1) is 17.6. The number of fused-ring (bicyclic) bond motifs is 1. The molecule has 0 atom stereocenters. The smallest absolute Gasteiger partial charge is 0.264 e. The number of aryl methyl sites for hydroxylation is 1. The summed E-state index contributed by atoms with van der Waals surface area (Å²) in [5, 5.41) is 0.565. The number of sulfonamides is 1. The van der Waals surface area contributed by atoms with Gasteiger partial charge in [-0.1, -0.05) is 35.6 Å². The van der Waals surface area contributed by atoms with Crippen molar-refractivity contribution in [2.75, 3.05) is 50.5 Å². The second-order valence-corrected chi connectivity index (χ2v) is 11.8. The standard InChI is InChI=1S/C27H30N4O4S2/c1-19-11-16-23(35-5)24-25(19)36-27(28-24)31(18-17-29(2)3)26(32)20-12-14-22(15-13-20)37(33,34)30(4)21-9-7-6-8-10-21/h6-16H,17-18H2,1-5H3. The molecule has 1 amide bonds. The average molecular weight is 539 g/mol. The number of para-hydroxylation sites is 1. The van der Waals surface area contributed by atoms with Crippen molar-refractivity contribution < 1.29 is 17.9 Å². The summed E-state index contributed by atoms with van der Waals surface area (Å²) in [6, 6.07) is 18.7. The van der Waals surface area contributed by atoms with Crippen molar-refractivity contribution in [1.29, 1.82) is 0 Å². The molecule has 0 saturated carbocycles. The second kappa shape index (κ2) is 10.9. The maximum atomic E-state index is 13.7. The fourth-order valence-electron chi connectivity index (χ4n) is 3.82. The number of benzene rings is 3. The van der Waals surface area contributed by atoms with Crippen LogP contribution in [0.4, 0.5) is 10.8 Å². The Morgan fingerprint density at radius 2 is 1.62 bits per heavy atom. The van der Waals surface area contributed by atoms with Crippen molar-refractivity contribution in [3.05, 3.63) is 77.9 Å². The fraction of sp³-hybridized carbons (Fsp3) is 0.259. The molecular formula is C27H30N4O4S2. The fourth-order valence-corrected chi connectivity index (χ4v) is 6.09. The Morgan fingerprint density at radius 3 is 2.24 bits per heavy atom. The number of methoxy groups -OCH3 is 1. The van der Waals surface area contributed by atoms with E-state index in [1.54, 1.807) is 48.4 Å². The van der Waals surface area contributed by atoms with Crippen molar-refractivity contribution in [1.82, 2.24) is 9.88 Å². The maximum absolute atomic E-state index is 13.7. The third-order valence-corrected chi connectivity index (χ3v) is 9.05. The van der Waals surface area contributed by atoms with Gasteiger partial charge in [0.15, 0.2) is 5.13 Å². The molecule has 0 unspecified atom stereocenters. The first kappa shape index (κ1) is 26.6. The summed E-state index contributed by atoms with van der Waals surface area (Å²) in [7, 11) is 3.21. The lowest BCUT2D eigenvalue weighted by atomic mass is 10.2. The number of aromatic nitrogens is 1. The summed E-state index contributed by atoms with van der Waals surface area (Å²) >= 11 is 1.44. The van der Waals surface area contributed by atoms with E-state index in [4.69, 9.17) is 9.72 Å². The lowest BCUT2D eigenvalue weighted by molar-refractivity contribution is 0.0985. The van der Waals surface area contributed by atoms with Gasteiger partial charge in [-0.3, -0.25) is 14.0 Å². The van der Waals surface area contributed by atoms with E-state index in [1.807, 2.05) is 44.1 Å². The lowest BCUT2D eigenvalue weighted by Crippen LogP contribution is -2.36. The highest BCUT2D eigenvalue weighted by Crippen LogP contribution is 2.37. The van der Waals surface area contributed by atoms with Crippen LogP contribution in [0.1, 0.15) is 15.9 Å². The highest BCUT2D eigenvalue weighted by atomic mass is 32.2. The SMILES string of the molecule is COc1ccc(C)c2sc(N(CCN(C)C)C(=O)c3ccc(S(=O)(=O)N(C)c4ccccc4)cc3)nc12. The number of carbonyl (C=O) groups excluding carboxylic acids is 1. The Hall–Kier alpha value is -3.47. The number of rotatable bonds is 9. The summed E-state index contributed by atoms with van der Waals surface area (Å²) in [6.07, 6.45) is 0. The van der Waals surface area contributed by atoms with Gasteiger partial charge in [-0.15, -0.1) is 0 Å². The van der Waals surface area contributed by atoms with Crippen LogP contribution in [0.15, 0.2) is 71.6 Å². The van der Waals surface area contributed by atoms with E-state index >= 15 is 0 Å². The van der Waals surface area contributed by atoms with Crippen LogP contribution in [0.25, 0.3) is 10.2 Å². The number of hydrogen-bond donors (Lipinski definition) is 0. The summed E-state index contributed by atoms with van der Waals surface area (Å²) in [5.41, 5.74) is 2.70. The molecular weight excluding hydrogens is 508 g/mol. The molecule has 0 N–H and O–H groups in total. The van der Waals surface area contributed by atoms with Gasteiger partial charge in [0, 0.05) is 25.7 Å². The Morgan fingerprint density at radius 1 is 0.946 bits per heavy atom. The van der Waals surface area contributed by atoms with Crippen LogP contribution in [0.3, 0.4) is 0 Å². The average Bonchev–Trinajstić information content (AvgIpc) is 3.35. The predicted molar refractivity (Wildman–Crippen MR) is 150 cm³/mol. The van der Waals surface area contributed by atoms with Crippen LogP contribution in [-0.4, -0.2) is 65.6 Å². The van der Waals surface area contributed by atoms with Crippen molar-refractivity contribution >= 4 is 48.3 Å². The molecule has 0 aliphatic carbocycles. The summed E-state index contributed by atoms with van der Waals surface area (Å²) in [6.45, 7) is 3.05. The first-order valence-electron chi connectivity index (χ1n) is 11.7. The number of ether oxygens (including phenoxy) is 1. The van der Waals surface area contributed by atoms with Gasteiger partial charge in [0.25, 0.3) is 15.9 Å². The van der Waals surface area contributed by atoms with Crippen LogP contribution < -0.4 is 13.9 Å². The summed E-state index contributed by atoms with van der Waals surface area (Å²) in [4.78, 5) is 22.2. The second-order valence-electron chi connectivity index (χ2n) is 8.85. The molecule has 0 saturated heterocycles. The molecule has 0 aliphatic heterocycles. The third-order valence-electron chi connectivity index (χ3n) is 6.04. The molecule has 10 heteroatoms. The monoisotopic (exact) mass is 538 g/mol. The van der Waals surface area contributed by atoms with E-state index in [-0.39, 0.29) is 10.8 Å². The van der Waals surface area contributed by atoms with Crippen molar-refractivity contribution in [3.63, 3.8) is 0 Å². The molecule has 0 fully saturated rings. The normalized spacial score (nSPS) is 11.6. The molecule has 0 spiro atoms. The zero-order valence-electron chi connectivity index (χ0n) is 21.5. The van der Waals surface area contributed by atoms with E-state index in [0.717, 1.165) is 15.8 Å². The summed E-state index contributed by atoms with van der Waals surface area (Å²) < 4.78 is 34.0. The van der Waals surface area contributed by atoms with Gasteiger partial charge in [0.1, 0.15) is 11.3 Å². The third kappa shape index (κ3) is 5.46. The zero-order valence-corrected chi connectivity index (χ0v) is 23.1. The van der Waals surface area contributed by atoms with Gasteiger partial charge in [0.05, 0.1) is 22.4 Å². The van der Waals surface area contributed by atoms with E-state index in [1.165, 1.54) is 34.8 Å². The van der Waals surface area contributed by atoms with Crippen molar-refractivity contribution in [2.45, 2.75) is 11.8 Å². The summed E-state index contributed by atoms with van der Waals surface area (Å²) in [5.74, 6) is 0.401. The van der Waals surface area contributed by atoms with Crippen LogP contribution in [-0.2, 0) is 10.0 Å². The van der Waals surface area contributed by atoms with Gasteiger partial charge in [-0.25, -0.2) is 13.4 Å². The van der Waals surface area contributed by atoms with Crippen LogP contribution in [0.2, 0.25) is 0 Å². The van der Waals surface area contributed by atoms with E-state index in [0.29, 0.717) is 35.2 Å². The highest BCUT2D eigenvalue weighted by molar-refractivity contribution is 7.92. The minimum Gasteiger partial charge on any atom is -0.494 e. The van der Waals surface area contributed by atoms with Gasteiger partial charge in [-0.2, -0.15) is 0 Å².